The van der Waals surface area contributed by atoms with Crippen LogP contribution >= 0.6 is 0 Å². The Kier molecular flexibility index (Phi) is 5.69. The number of nitrogens with two attached hydrogens (primary N) is 2. The molecule has 4 rings (SSSR count). The summed E-state index contributed by atoms with van der Waals surface area (Å²) < 4.78 is 0. The van der Waals surface area contributed by atoms with Crippen molar-refractivity contribution >= 4 is 34.9 Å². The summed E-state index contributed by atoms with van der Waals surface area (Å²) in [5.41, 5.74) is 14.2. The average molecular weight is 409 g/mol. The molecular formula is C21H28N8O. The van der Waals surface area contributed by atoms with E-state index < -0.39 is 0 Å². The van der Waals surface area contributed by atoms with Crippen molar-refractivity contribution in [3.63, 3.8) is 0 Å². The first-order chi connectivity index (χ1) is 14.6. The van der Waals surface area contributed by atoms with E-state index in [0.29, 0.717) is 35.6 Å². The molecule has 1 aliphatic heterocycles. The third kappa shape index (κ3) is 4.29. The summed E-state index contributed by atoms with van der Waals surface area (Å²) in [6.45, 7) is 4.39. The molecule has 1 aliphatic carbocycles. The summed E-state index contributed by atoms with van der Waals surface area (Å²) in [6, 6.07) is 0.513. The smallest absolute Gasteiger partial charge is 0.246 e. The lowest BCUT2D eigenvalue weighted by atomic mass is 9.95. The number of rotatable bonds is 7. The molecule has 1 saturated carbocycles. The average Bonchev–Trinajstić information content (AvgIpc) is 3.50. The lowest BCUT2D eigenvalue weighted by Gasteiger charge is -2.35. The Balaban J connectivity index is 1.54. The van der Waals surface area contributed by atoms with Crippen LogP contribution in [0.1, 0.15) is 37.7 Å². The highest BCUT2D eigenvalue weighted by molar-refractivity contribution is 5.91. The van der Waals surface area contributed by atoms with Gasteiger partial charge >= 0.3 is 0 Å². The summed E-state index contributed by atoms with van der Waals surface area (Å²) in [6.07, 6.45) is 12.4. The fraction of sp³-hybridized carbons (Fsp3) is 0.429. The highest BCUT2D eigenvalue weighted by Gasteiger charge is 2.27. The van der Waals surface area contributed by atoms with E-state index in [-0.39, 0.29) is 11.9 Å². The third-order valence-corrected chi connectivity index (χ3v) is 5.59. The van der Waals surface area contributed by atoms with Crippen molar-refractivity contribution in [3.05, 3.63) is 36.3 Å². The summed E-state index contributed by atoms with van der Waals surface area (Å²) >= 11 is 0. The van der Waals surface area contributed by atoms with Gasteiger partial charge in [0, 0.05) is 31.2 Å². The van der Waals surface area contributed by atoms with Gasteiger partial charge in [0.15, 0.2) is 0 Å². The molecule has 0 bridgehead atoms. The molecule has 1 atom stereocenters. The van der Waals surface area contributed by atoms with Gasteiger partial charge < -0.3 is 26.7 Å². The first kappa shape index (κ1) is 19.9. The molecule has 30 heavy (non-hydrogen) atoms. The number of anilines is 2. The second-order valence-corrected chi connectivity index (χ2v) is 7.82. The fourth-order valence-electron chi connectivity index (χ4n) is 3.87. The van der Waals surface area contributed by atoms with Crippen molar-refractivity contribution < 1.29 is 4.79 Å². The lowest BCUT2D eigenvalue weighted by molar-refractivity contribution is -0.129. The van der Waals surface area contributed by atoms with Crippen molar-refractivity contribution in [1.29, 1.82) is 0 Å². The van der Waals surface area contributed by atoms with Crippen LogP contribution in [-0.4, -0.2) is 50.6 Å². The molecule has 2 aromatic heterocycles. The van der Waals surface area contributed by atoms with E-state index in [9.17, 15) is 4.79 Å². The summed E-state index contributed by atoms with van der Waals surface area (Å²) in [7, 11) is 0. The first-order valence-electron chi connectivity index (χ1n) is 10.4. The molecule has 9 heteroatoms. The van der Waals surface area contributed by atoms with Gasteiger partial charge in [0.05, 0.1) is 17.1 Å². The van der Waals surface area contributed by atoms with E-state index in [1.807, 2.05) is 11.1 Å². The largest absolute Gasteiger partial charge is 0.403 e. The van der Waals surface area contributed by atoms with Crippen LogP contribution in [0.4, 0.5) is 11.8 Å². The van der Waals surface area contributed by atoms with Gasteiger partial charge in [-0.15, -0.1) is 0 Å². The minimum atomic E-state index is -0.0239. The van der Waals surface area contributed by atoms with Crippen LogP contribution in [0.5, 0.6) is 0 Å². The molecule has 0 spiro atoms. The molecule has 1 unspecified atom stereocenters. The quantitative estimate of drug-likeness (QED) is 0.409. The zero-order chi connectivity index (χ0) is 21.1. The van der Waals surface area contributed by atoms with Crippen molar-refractivity contribution in [2.75, 3.05) is 17.6 Å². The van der Waals surface area contributed by atoms with Crippen LogP contribution in [0.2, 0.25) is 0 Å². The first-order valence-corrected chi connectivity index (χ1v) is 10.4. The van der Waals surface area contributed by atoms with Gasteiger partial charge in [-0.25, -0.2) is 0 Å². The monoisotopic (exact) mass is 408 g/mol. The zero-order valence-corrected chi connectivity index (χ0v) is 17.0. The van der Waals surface area contributed by atoms with Gasteiger partial charge in [-0.3, -0.25) is 9.79 Å². The van der Waals surface area contributed by atoms with Crippen molar-refractivity contribution in [2.45, 2.75) is 50.6 Å². The SMILES string of the molecule is C=CC(=O)N1CCCCC1Cc1c[nH]c2nc(NC(C=NC3CC3)=CN)nc(N)c12. The summed E-state index contributed by atoms with van der Waals surface area (Å²) in [5.74, 6) is 0.712. The predicted octanol–water partition coefficient (Wildman–Crippen LogP) is 2.09. The summed E-state index contributed by atoms with van der Waals surface area (Å²) in [4.78, 5) is 30.7. The molecule has 2 aliphatic rings. The van der Waals surface area contributed by atoms with Gasteiger partial charge in [-0.05, 0) is 50.2 Å². The second kappa shape index (κ2) is 8.56. The molecule has 9 nitrogen and oxygen atoms in total. The maximum absolute atomic E-state index is 12.2. The highest BCUT2D eigenvalue weighted by atomic mass is 16.2. The number of hydrogen-bond donors (Lipinski definition) is 4. The molecular weight excluding hydrogens is 380 g/mol. The number of aromatic amines is 1. The number of amides is 1. The van der Waals surface area contributed by atoms with Gasteiger partial charge in [0.25, 0.3) is 0 Å². The number of carbonyl (C=O) groups excluding carboxylic acids is 1. The lowest BCUT2D eigenvalue weighted by Crippen LogP contribution is -2.44. The fourth-order valence-corrected chi connectivity index (χ4v) is 3.87. The van der Waals surface area contributed by atoms with E-state index in [1.165, 1.54) is 12.3 Å². The minimum Gasteiger partial charge on any atom is -0.403 e. The predicted molar refractivity (Wildman–Crippen MR) is 119 cm³/mol. The van der Waals surface area contributed by atoms with E-state index >= 15 is 0 Å². The Bertz CT molecular complexity index is 1000. The molecule has 0 aromatic carbocycles. The number of allylic oxidation sites excluding steroid dienone is 1. The Morgan fingerprint density at radius 3 is 2.93 bits per heavy atom. The number of aromatic nitrogens is 3. The normalized spacial score (nSPS) is 20.1. The standard InChI is InChI=1S/C21H28N8O/c1-2-17(30)29-8-4-3-5-16(29)9-13-11-25-20-18(13)19(23)27-21(28-20)26-15(10-22)12-24-14-6-7-14/h2,10-12,14,16H,1,3-9,22H2,(H4,23,25,26,27,28). The van der Waals surface area contributed by atoms with Crippen LogP contribution in [0.25, 0.3) is 11.0 Å². The third-order valence-electron chi connectivity index (χ3n) is 5.59. The second-order valence-electron chi connectivity index (χ2n) is 7.82. The topological polar surface area (TPSA) is 138 Å². The van der Waals surface area contributed by atoms with Crippen LogP contribution < -0.4 is 16.8 Å². The number of likely N-dealkylation sites (tertiary alicyclic amines) is 1. The van der Waals surface area contributed by atoms with Crippen molar-refractivity contribution in [3.8, 4) is 0 Å². The maximum atomic E-state index is 12.2. The molecule has 2 fully saturated rings. The van der Waals surface area contributed by atoms with E-state index in [2.05, 4.69) is 31.8 Å². The molecule has 0 radical (unpaired) electrons. The van der Waals surface area contributed by atoms with Crippen LogP contribution in [0, 0.1) is 0 Å². The highest BCUT2D eigenvalue weighted by Crippen LogP contribution is 2.28. The van der Waals surface area contributed by atoms with Crippen LogP contribution in [0.3, 0.4) is 0 Å². The Labute approximate surface area is 175 Å². The zero-order valence-electron chi connectivity index (χ0n) is 17.0. The number of carbonyl (C=O) groups is 1. The van der Waals surface area contributed by atoms with Gasteiger partial charge in [-0.1, -0.05) is 6.58 Å². The number of H-pyrrole nitrogens is 1. The molecule has 3 heterocycles. The Morgan fingerprint density at radius 1 is 1.37 bits per heavy atom. The number of nitrogens with zero attached hydrogens (tertiary/aromatic N) is 4. The Hall–Kier alpha value is -3.36. The molecule has 6 N–H and O–H groups in total. The Morgan fingerprint density at radius 2 is 2.20 bits per heavy atom. The van der Waals surface area contributed by atoms with Gasteiger partial charge in [0.2, 0.25) is 11.9 Å². The van der Waals surface area contributed by atoms with E-state index in [1.54, 1.807) is 6.21 Å². The van der Waals surface area contributed by atoms with E-state index in [0.717, 1.165) is 49.6 Å². The minimum absolute atomic E-state index is 0.0239. The van der Waals surface area contributed by atoms with Gasteiger partial charge in [0.1, 0.15) is 11.5 Å². The maximum Gasteiger partial charge on any atom is 0.246 e. The van der Waals surface area contributed by atoms with E-state index in [4.69, 9.17) is 11.5 Å². The number of piperidine rings is 1. The number of fused-ring (bicyclic) bond motifs is 1. The number of hydrogen-bond acceptors (Lipinski definition) is 7. The molecule has 1 saturated heterocycles. The number of nitrogen functional groups attached to an aromatic ring is 1. The molecule has 158 valence electrons. The van der Waals surface area contributed by atoms with Gasteiger partial charge in [-0.2, -0.15) is 9.97 Å². The van der Waals surface area contributed by atoms with Crippen LogP contribution in [0.15, 0.2) is 35.7 Å². The summed E-state index contributed by atoms with van der Waals surface area (Å²) in [5, 5.41) is 3.86. The van der Waals surface area contributed by atoms with Crippen molar-refractivity contribution in [1.82, 2.24) is 19.9 Å². The van der Waals surface area contributed by atoms with Crippen molar-refractivity contribution in [2.24, 2.45) is 10.7 Å². The molecule has 2 aromatic rings. The number of nitrogens with one attached hydrogen (secondary N) is 2. The number of aliphatic imine (C=N–C) groups is 1. The van der Waals surface area contributed by atoms with Crippen LogP contribution in [-0.2, 0) is 11.2 Å². The molecule has 1 amide bonds.